The number of amides is 1. The van der Waals surface area contributed by atoms with Crippen LogP contribution in [0.4, 0.5) is 0 Å². The van der Waals surface area contributed by atoms with Crippen molar-refractivity contribution in [3.8, 4) is 11.5 Å². The topological polar surface area (TPSA) is 66.4 Å². The van der Waals surface area contributed by atoms with Gasteiger partial charge in [0.15, 0.2) is 0 Å². The molecule has 1 aliphatic carbocycles. The quantitative estimate of drug-likeness (QED) is 0.609. The van der Waals surface area contributed by atoms with E-state index in [0.717, 1.165) is 25.7 Å². The van der Waals surface area contributed by atoms with E-state index >= 15 is 0 Å². The Morgan fingerprint density at radius 2 is 1.78 bits per heavy atom. The summed E-state index contributed by atoms with van der Waals surface area (Å²) < 4.78 is 0. The van der Waals surface area contributed by atoms with Gasteiger partial charge in [0.05, 0.1) is 0 Å². The number of carbonyl (C=O) groups excluding carboxylic acids is 1. The van der Waals surface area contributed by atoms with Gasteiger partial charge in [0, 0.05) is 12.3 Å². The van der Waals surface area contributed by atoms with Gasteiger partial charge in [0.2, 0.25) is 5.91 Å². The largest absolute Gasteiger partial charge is 0.480 e. The smallest absolute Gasteiger partial charge is 0.327 e. The molecule has 0 aromatic carbocycles. The van der Waals surface area contributed by atoms with E-state index in [2.05, 4.69) is 50.6 Å². The highest BCUT2D eigenvalue weighted by atomic mass is 28.3. The maximum atomic E-state index is 12.2. The van der Waals surface area contributed by atoms with Gasteiger partial charge in [-0.05, 0) is 17.9 Å². The summed E-state index contributed by atoms with van der Waals surface area (Å²) in [4.78, 5) is 23.6. The van der Waals surface area contributed by atoms with E-state index < -0.39 is 20.1 Å². The molecule has 2 N–H and O–H groups in total. The van der Waals surface area contributed by atoms with E-state index in [0.29, 0.717) is 0 Å². The van der Waals surface area contributed by atoms with Crippen LogP contribution in [0.15, 0.2) is 0 Å². The normalized spacial score (nSPS) is 17.8. The van der Waals surface area contributed by atoms with Crippen molar-refractivity contribution in [2.45, 2.75) is 83.5 Å². The summed E-state index contributed by atoms with van der Waals surface area (Å²) in [6, 6.07) is -0.901. The Hall–Kier alpha value is -1.28. The molecule has 0 spiro atoms. The van der Waals surface area contributed by atoms with Crippen molar-refractivity contribution in [3.63, 3.8) is 0 Å². The molecule has 0 bridgehead atoms. The molecule has 0 aromatic rings. The van der Waals surface area contributed by atoms with E-state index in [1.807, 2.05) is 0 Å². The summed E-state index contributed by atoms with van der Waals surface area (Å²) >= 11 is 0. The number of nitrogens with one attached hydrogen (secondary N) is 1. The number of hydrogen-bond donors (Lipinski definition) is 2. The number of aliphatic carboxylic acids is 1. The lowest BCUT2D eigenvalue weighted by molar-refractivity contribution is -0.142. The molecule has 4 nitrogen and oxygen atoms in total. The van der Waals surface area contributed by atoms with Gasteiger partial charge in [-0.25, -0.2) is 4.79 Å². The van der Waals surface area contributed by atoms with Gasteiger partial charge in [-0.3, -0.25) is 4.79 Å². The van der Waals surface area contributed by atoms with Crippen LogP contribution in [0.5, 0.6) is 0 Å². The molecule has 0 aliphatic heterocycles. The maximum absolute atomic E-state index is 12.2. The Bertz CT molecular complexity index is 491. The van der Waals surface area contributed by atoms with Gasteiger partial charge in [-0.15, -0.1) is 11.5 Å². The fourth-order valence-electron chi connectivity index (χ4n) is 2.42. The predicted molar refractivity (Wildman–Crippen MR) is 95.7 cm³/mol. The van der Waals surface area contributed by atoms with E-state index in [4.69, 9.17) is 0 Å². The highest BCUT2D eigenvalue weighted by Gasteiger charge is 2.33. The zero-order valence-electron chi connectivity index (χ0n) is 15.2. The van der Waals surface area contributed by atoms with Gasteiger partial charge in [-0.1, -0.05) is 53.1 Å². The minimum Gasteiger partial charge on any atom is -0.480 e. The van der Waals surface area contributed by atoms with Crippen molar-refractivity contribution < 1.29 is 14.7 Å². The molecule has 0 radical (unpaired) electrons. The van der Waals surface area contributed by atoms with Gasteiger partial charge in [0.25, 0.3) is 0 Å². The van der Waals surface area contributed by atoms with E-state index in [9.17, 15) is 14.7 Å². The summed E-state index contributed by atoms with van der Waals surface area (Å²) in [5.41, 5.74) is 3.31. The molecule has 1 fully saturated rings. The molecule has 23 heavy (non-hydrogen) atoms. The van der Waals surface area contributed by atoms with Crippen molar-refractivity contribution >= 4 is 20.0 Å². The van der Waals surface area contributed by atoms with Gasteiger partial charge < -0.3 is 10.4 Å². The average molecular weight is 338 g/mol. The highest BCUT2D eigenvalue weighted by molar-refractivity contribution is 6.87. The van der Waals surface area contributed by atoms with Crippen LogP contribution >= 0.6 is 0 Å². The third kappa shape index (κ3) is 6.02. The number of carboxylic acids is 1. The third-order valence-electron chi connectivity index (χ3n) is 5.17. The Kier molecular flexibility index (Phi) is 6.88. The molecule has 0 aromatic heterocycles. The lowest BCUT2D eigenvalue weighted by Gasteiger charge is -2.31. The SMILES string of the molecule is CC(C)(C)[Si](C)(C)C#CC[C@H](NC(=O)C1CCCCC1)C(=O)O. The second-order valence-electron chi connectivity index (χ2n) is 8.12. The number of carbonyl (C=O) groups is 2. The minimum absolute atomic E-state index is 0.0287. The van der Waals surface area contributed by atoms with Gasteiger partial charge in [0.1, 0.15) is 14.1 Å². The monoisotopic (exact) mass is 337 g/mol. The van der Waals surface area contributed by atoms with Crippen molar-refractivity contribution in [1.82, 2.24) is 5.32 Å². The predicted octanol–water partition coefficient (Wildman–Crippen LogP) is 3.58. The van der Waals surface area contributed by atoms with Crippen LogP contribution in [-0.4, -0.2) is 31.1 Å². The number of carboxylic acid groups (broad SMARTS) is 1. The van der Waals surface area contributed by atoms with Crippen LogP contribution in [-0.2, 0) is 9.59 Å². The molecule has 1 aliphatic rings. The van der Waals surface area contributed by atoms with Crippen molar-refractivity contribution in [3.05, 3.63) is 0 Å². The zero-order valence-corrected chi connectivity index (χ0v) is 16.2. The fourth-order valence-corrected chi connectivity index (χ4v) is 3.33. The molecule has 130 valence electrons. The molecule has 1 rings (SSSR count). The first-order valence-corrected chi connectivity index (χ1v) is 11.6. The second-order valence-corrected chi connectivity index (χ2v) is 13.1. The van der Waals surface area contributed by atoms with Crippen molar-refractivity contribution in [2.24, 2.45) is 5.92 Å². The van der Waals surface area contributed by atoms with Crippen LogP contribution < -0.4 is 5.32 Å². The first-order valence-electron chi connectivity index (χ1n) is 8.58. The lowest BCUT2D eigenvalue weighted by atomic mass is 9.88. The highest BCUT2D eigenvalue weighted by Crippen LogP contribution is 2.35. The number of rotatable bonds is 4. The molecule has 1 atom stereocenters. The number of hydrogen-bond acceptors (Lipinski definition) is 2. The summed E-state index contributed by atoms with van der Waals surface area (Å²) in [5, 5.41) is 12.2. The molecule has 1 saturated carbocycles. The Balaban J connectivity index is 2.66. The summed E-state index contributed by atoms with van der Waals surface area (Å²) in [6.45, 7) is 10.9. The first-order chi connectivity index (χ1) is 10.5. The van der Waals surface area contributed by atoms with Crippen molar-refractivity contribution in [2.75, 3.05) is 0 Å². The zero-order chi connectivity index (χ0) is 17.7. The molecule has 1 amide bonds. The average Bonchev–Trinajstić information content (AvgIpc) is 2.45. The third-order valence-corrected chi connectivity index (χ3v) is 9.72. The molecule has 5 heteroatoms. The van der Waals surface area contributed by atoms with Gasteiger partial charge in [-0.2, -0.15) is 0 Å². The lowest BCUT2D eigenvalue weighted by Crippen LogP contribution is -2.44. The Labute approximate surface area is 141 Å². The fraction of sp³-hybridized carbons (Fsp3) is 0.778. The van der Waals surface area contributed by atoms with Crippen LogP contribution in [0.25, 0.3) is 0 Å². The summed E-state index contributed by atoms with van der Waals surface area (Å²) in [7, 11) is -1.75. The van der Waals surface area contributed by atoms with Gasteiger partial charge >= 0.3 is 5.97 Å². The molecule has 0 saturated heterocycles. The van der Waals surface area contributed by atoms with E-state index in [-0.39, 0.29) is 23.3 Å². The Morgan fingerprint density at radius 3 is 2.26 bits per heavy atom. The van der Waals surface area contributed by atoms with Crippen LogP contribution in [0.1, 0.15) is 59.3 Å². The standard InChI is InChI=1S/C18H31NO3Si/c1-18(2,3)23(4,5)13-9-12-15(17(21)22)19-16(20)14-10-7-6-8-11-14/h14-15H,6-8,10-12H2,1-5H3,(H,19,20)(H,21,22)/t15-/m0/s1. The van der Waals surface area contributed by atoms with E-state index in [1.54, 1.807) is 0 Å². The summed E-state index contributed by atoms with van der Waals surface area (Å²) in [6.07, 6.45) is 5.20. The van der Waals surface area contributed by atoms with Crippen LogP contribution in [0, 0.1) is 17.4 Å². The molecular formula is C18H31NO3Si. The minimum atomic E-state index is -1.75. The maximum Gasteiger partial charge on any atom is 0.327 e. The van der Waals surface area contributed by atoms with E-state index in [1.165, 1.54) is 6.42 Å². The van der Waals surface area contributed by atoms with Crippen LogP contribution in [0.3, 0.4) is 0 Å². The molecular weight excluding hydrogens is 306 g/mol. The molecule has 0 unspecified atom stereocenters. The Morgan fingerprint density at radius 1 is 1.22 bits per heavy atom. The summed E-state index contributed by atoms with van der Waals surface area (Å²) in [5.74, 6) is 1.89. The van der Waals surface area contributed by atoms with Crippen molar-refractivity contribution in [1.29, 1.82) is 0 Å². The molecule has 0 heterocycles. The van der Waals surface area contributed by atoms with Crippen LogP contribution in [0.2, 0.25) is 18.1 Å². The first kappa shape index (κ1) is 19.8. The second kappa shape index (κ2) is 8.01.